The second-order valence-electron chi connectivity index (χ2n) is 9.80. The fourth-order valence-corrected chi connectivity index (χ4v) is 4.57. The third-order valence-electron chi connectivity index (χ3n) is 6.75. The number of nitrogens with zero attached hydrogens (tertiary/aromatic N) is 7. The number of rotatable bonds is 6. The maximum absolute atomic E-state index is 13.7. The van der Waals surface area contributed by atoms with Crippen LogP contribution in [0.25, 0.3) is 22.5 Å². The number of halogens is 6. The standard InChI is InChI=1S/C33H17F6N7O2/c34-32(35,36)26-14-28(20-8-3-1-4-9-20)45(30(47)24(26)16-40)42-18-22-12-7-13-23(44-22)19-43-46-29(21-10-5-2-6-11-21)15-27(33(37,38)39)25(17-41)31(46)48/h1-15,18-19H/b42-18+,43-19+. The quantitative estimate of drug-likeness (QED) is 0.157. The van der Waals surface area contributed by atoms with Gasteiger partial charge in [0, 0.05) is 11.1 Å². The van der Waals surface area contributed by atoms with Gasteiger partial charge in [0.1, 0.15) is 23.3 Å². The summed E-state index contributed by atoms with van der Waals surface area (Å²) in [5, 5.41) is 26.8. The van der Waals surface area contributed by atoms with Crippen LogP contribution in [-0.4, -0.2) is 26.8 Å². The molecule has 0 aliphatic heterocycles. The highest BCUT2D eigenvalue weighted by Crippen LogP contribution is 2.34. The first-order valence-electron chi connectivity index (χ1n) is 13.5. The summed E-state index contributed by atoms with van der Waals surface area (Å²) in [7, 11) is 0. The molecule has 3 heterocycles. The minimum absolute atomic E-state index is 0.0454. The Kier molecular flexibility index (Phi) is 8.89. The van der Waals surface area contributed by atoms with Crippen molar-refractivity contribution >= 4 is 12.4 Å². The number of hydrogen-bond donors (Lipinski definition) is 0. The van der Waals surface area contributed by atoms with Gasteiger partial charge >= 0.3 is 12.4 Å². The van der Waals surface area contributed by atoms with Crippen LogP contribution >= 0.6 is 0 Å². The van der Waals surface area contributed by atoms with Gasteiger partial charge in [-0.2, -0.15) is 56.4 Å². The summed E-state index contributed by atoms with van der Waals surface area (Å²) in [6.45, 7) is 0. The van der Waals surface area contributed by atoms with E-state index in [9.17, 15) is 46.5 Å². The maximum atomic E-state index is 13.7. The zero-order chi connectivity index (χ0) is 34.6. The second kappa shape index (κ2) is 13.0. The predicted octanol–water partition coefficient (Wildman–Crippen LogP) is 6.28. The summed E-state index contributed by atoms with van der Waals surface area (Å²) < 4.78 is 83.7. The Labute approximate surface area is 266 Å². The Balaban J connectivity index is 1.59. The van der Waals surface area contributed by atoms with Crippen LogP contribution in [0, 0.1) is 22.7 Å². The molecule has 48 heavy (non-hydrogen) atoms. The van der Waals surface area contributed by atoms with E-state index in [-0.39, 0.29) is 33.9 Å². The fourth-order valence-electron chi connectivity index (χ4n) is 4.57. The SMILES string of the molecule is N#Cc1c(C(F)(F)F)cc(-c2ccccc2)n(/N=C/c2cccc(/C=N/n3c(-c4ccccc4)cc(C(F)(F)F)c(C#N)c3=O)n2)c1=O. The first kappa shape index (κ1) is 32.8. The smallest absolute Gasteiger partial charge is 0.266 e. The third-order valence-corrected chi connectivity index (χ3v) is 6.75. The molecule has 0 aliphatic carbocycles. The normalized spacial score (nSPS) is 11.9. The van der Waals surface area contributed by atoms with Gasteiger partial charge in [-0.05, 0) is 24.3 Å². The van der Waals surface area contributed by atoms with Crippen molar-refractivity contribution in [2.45, 2.75) is 12.4 Å². The molecule has 0 atom stereocenters. The van der Waals surface area contributed by atoms with Crippen molar-refractivity contribution in [1.82, 2.24) is 14.3 Å². The Morgan fingerprint density at radius 1 is 0.604 bits per heavy atom. The Hall–Kier alpha value is -6.61. The lowest BCUT2D eigenvalue weighted by Crippen LogP contribution is -2.26. The van der Waals surface area contributed by atoms with E-state index in [0.717, 1.165) is 12.4 Å². The van der Waals surface area contributed by atoms with E-state index in [1.54, 1.807) is 12.1 Å². The summed E-state index contributed by atoms with van der Waals surface area (Å²) >= 11 is 0. The summed E-state index contributed by atoms with van der Waals surface area (Å²) in [4.78, 5) is 30.4. The molecule has 0 amide bonds. The minimum Gasteiger partial charge on any atom is -0.266 e. The van der Waals surface area contributed by atoms with Crippen LogP contribution in [0.15, 0.2) is 111 Å². The van der Waals surface area contributed by atoms with Crippen LogP contribution in [0.3, 0.4) is 0 Å². The van der Waals surface area contributed by atoms with E-state index >= 15 is 0 Å². The zero-order valence-corrected chi connectivity index (χ0v) is 24.0. The first-order valence-corrected chi connectivity index (χ1v) is 13.5. The van der Waals surface area contributed by atoms with Gasteiger partial charge in [-0.15, -0.1) is 0 Å². The van der Waals surface area contributed by atoms with Crippen LogP contribution in [0.4, 0.5) is 26.3 Å². The molecule has 0 fully saturated rings. The van der Waals surface area contributed by atoms with Gasteiger partial charge < -0.3 is 0 Å². The summed E-state index contributed by atoms with van der Waals surface area (Å²) in [6, 6.07) is 23.3. The van der Waals surface area contributed by atoms with Gasteiger partial charge in [-0.1, -0.05) is 66.7 Å². The predicted molar refractivity (Wildman–Crippen MR) is 162 cm³/mol. The van der Waals surface area contributed by atoms with E-state index in [1.165, 1.54) is 78.9 Å². The van der Waals surface area contributed by atoms with Crippen LogP contribution in [0.5, 0.6) is 0 Å². The van der Waals surface area contributed by atoms with Crippen molar-refractivity contribution in [2.75, 3.05) is 0 Å². The Morgan fingerprint density at radius 3 is 1.31 bits per heavy atom. The lowest BCUT2D eigenvalue weighted by molar-refractivity contribution is -0.138. The highest BCUT2D eigenvalue weighted by Gasteiger charge is 2.37. The zero-order valence-electron chi connectivity index (χ0n) is 24.0. The molecule has 0 spiro atoms. The Bertz CT molecular complexity index is 2120. The van der Waals surface area contributed by atoms with Crippen molar-refractivity contribution in [1.29, 1.82) is 10.5 Å². The van der Waals surface area contributed by atoms with Crippen LogP contribution < -0.4 is 11.1 Å². The number of pyridine rings is 3. The maximum Gasteiger partial charge on any atom is 0.417 e. The summed E-state index contributed by atoms with van der Waals surface area (Å²) in [5.41, 5.74) is -7.88. The largest absolute Gasteiger partial charge is 0.417 e. The lowest BCUT2D eigenvalue weighted by atomic mass is 10.0. The number of aromatic nitrogens is 3. The number of alkyl halides is 6. The molecule has 15 heteroatoms. The molecular formula is C33H17F6N7O2. The molecule has 3 aromatic heterocycles. The van der Waals surface area contributed by atoms with Crippen molar-refractivity contribution < 1.29 is 26.3 Å². The molecule has 0 bridgehead atoms. The highest BCUT2D eigenvalue weighted by molar-refractivity contribution is 5.82. The molecule has 238 valence electrons. The van der Waals surface area contributed by atoms with Crippen molar-refractivity contribution in [3.05, 3.63) is 145 Å². The van der Waals surface area contributed by atoms with E-state index in [4.69, 9.17) is 0 Å². The average molecular weight is 658 g/mol. The molecule has 0 unspecified atom stereocenters. The molecule has 0 radical (unpaired) electrons. The number of benzene rings is 2. The average Bonchev–Trinajstić information content (AvgIpc) is 3.06. The molecule has 2 aromatic carbocycles. The third kappa shape index (κ3) is 6.66. The van der Waals surface area contributed by atoms with Gasteiger partial charge in [0.2, 0.25) is 0 Å². The van der Waals surface area contributed by atoms with Gasteiger partial charge in [-0.25, -0.2) is 4.98 Å². The molecule has 5 rings (SSSR count). The van der Waals surface area contributed by atoms with Crippen molar-refractivity contribution in [3.8, 4) is 34.7 Å². The van der Waals surface area contributed by atoms with Gasteiger partial charge in [-0.3, -0.25) is 9.59 Å². The molecule has 0 saturated carbocycles. The fraction of sp³-hybridized carbons (Fsp3) is 0.0606. The monoisotopic (exact) mass is 657 g/mol. The van der Waals surface area contributed by atoms with Gasteiger partial charge in [0.15, 0.2) is 0 Å². The molecule has 0 aliphatic rings. The van der Waals surface area contributed by atoms with Crippen LogP contribution in [-0.2, 0) is 12.4 Å². The van der Waals surface area contributed by atoms with Gasteiger partial charge in [0.25, 0.3) is 11.1 Å². The second-order valence-corrected chi connectivity index (χ2v) is 9.80. The first-order chi connectivity index (χ1) is 22.8. The van der Waals surface area contributed by atoms with E-state index in [2.05, 4.69) is 15.2 Å². The Morgan fingerprint density at radius 2 is 0.979 bits per heavy atom. The number of hydrogen-bond acceptors (Lipinski definition) is 7. The van der Waals surface area contributed by atoms with E-state index < -0.39 is 45.7 Å². The molecule has 9 nitrogen and oxygen atoms in total. The van der Waals surface area contributed by atoms with Crippen LogP contribution in [0.1, 0.15) is 33.6 Å². The molecule has 5 aromatic rings. The molecule has 0 saturated heterocycles. The minimum atomic E-state index is -5.00. The highest BCUT2D eigenvalue weighted by atomic mass is 19.4. The lowest BCUT2D eigenvalue weighted by Gasteiger charge is -2.14. The van der Waals surface area contributed by atoms with E-state index in [0.29, 0.717) is 21.5 Å². The van der Waals surface area contributed by atoms with Gasteiger partial charge in [0.05, 0.1) is 46.3 Å². The molecule has 0 N–H and O–H groups in total. The summed E-state index contributed by atoms with van der Waals surface area (Å²) in [6.07, 6.45) is -7.94. The number of nitriles is 2. The van der Waals surface area contributed by atoms with Crippen molar-refractivity contribution in [2.24, 2.45) is 10.2 Å². The van der Waals surface area contributed by atoms with Crippen molar-refractivity contribution in [3.63, 3.8) is 0 Å². The van der Waals surface area contributed by atoms with Crippen LogP contribution in [0.2, 0.25) is 0 Å². The topological polar surface area (TPSA) is 129 Å². The molecular weight excluding hydrogens is 640 g/mol. The van der Waals surface area contributed by atoms with E-state index in [1.807, 2.05) is 0 Å². The summed E-state index contributed by atoms with van der Waals surface area (Å²) in [5.74, 6) is 0.